The van der Waals surface area contributed by atoms with Crippen LogP contribution in [0.2, 0.25) is 4.34 Å². The monoisotopic (exact) mass is 165 g/mol. The molecule has 0 atom stereocenters. The van der Waals surface area contributed by atoms with E-state index in [2.05, 4.69) is 0 Å². The normalized spacial score (nSPS) is 9.75. The highest BCUT2D eigenvalue weighted by Crippen LogP contribution is 2.15. The number of hydrogen-bond acceptors (Lipinski definition) is 2. The van der Waals surface area contributed by atoms with Crippen LogP contribution in [0.5, 0.6) is 0 Å². The van der Waals surface area contributed by atoms with E-state index in [0.29, 0.717) is 0 Å². The Morgan fingerprint density at radius 3 is 2.62 bits per heavy atom. The Labute approximate surface area is 61.7 Å². The second kappa shape index (κ2) is 2.17. The largest absolute Gasteiger partial charge is 0.290 e. The number of rotatable bonds is 0. The highest BCUT2D eigenvalue weighted by Gasteiger charge is 1.90. The Hall–Kier alpha value is 0.140. The molecule has 4 heteroatoms. The van der Waals surface area contributed by atoms with Gasteiger partial charge in [0.1, 0.15) is 8.98 Å². The van der Waals surface area contributed by atoms with Crippen molar-refractivity contribution in [1.29, 1.82) is 0 Å². The Morgan fingerprint density at radius 1 is 1.88 bits per heavy atom. The van der Waals surface area contributed by atoms with Gasteiger partial charge in [0.25, 0.3) is 0 Å². The summed E-state index contributed by atoms with van der Waals surface area (Å²) in [7, 11) is 1.89. The summed E-state index contributed by atoms with van der Waals surface area (Å²) in [6.07, 6.45) is 0. The number of halogens is 1. The fourth-order valence-electron chi connectivity index (χ4n) is 0.390. The van der Waals surface area contributed by atoms with Crippen molar-refractivity contribution in [3.05, 3.63) is 15.0 Å². The zero-order chi connectivity index (χ0) is 6.15. The van der Waals surface area contributed by atoms with Crippen LogP contribution >= 0.6 is 35.4 Å². The van der Waals surface area contributed by atoms with Gasteiger partial charge in [0.15, 0.2) is 0 Å². The molecule has 1 heterocycles. The third kappa shape index (κ3) is 1.10. The van der Waals surface area contributed by atoms with E-state index in [1.807, 2.05) is 11.0 Å². The second-order valence-electron chi connectivity index (χ2n) is 1.38. The van der Waals surface area contributed by atoms with Gasteiger partial charge >= 0.3 is 0 Å². The molecule has 0 aliphatic heterocycles. The van der Waals surface area contributed by atoms with Crippen molar-refractivity contribution >= 4 is 35.4 Å². The predicted molar refractivity (Wildman–Crippen MR) is 39.1 cm³/mol. The van der Waals surface area contributed by atoms with Crippen molar-refractivity contribution in [3.8, 4) is 0 Å². The quantitative estimate of drug-likeness (QED) is 0.535. The van der Waals surface area contributed by atoms with Gasteiger partial charge in [-0.2, -0.15) is 0 Å². The molecule has 0 aliphatic carbocycles. The van der Waals surface area contributed by atoms with E-state index in [9.17, 15) is 0 Å². The van der Waals surface area contributed by atoms with Gasteiger partial charge in [0.05, 0.1) is 0 Å². The highest BCUT2D eigenvalue weighted by atomic mass is 35.5. The van der Waals surface area contributed by atoms with Crippen LogP contribution in [-0.2, 0) is 7.05 Å². The van der Waals surface area contributed by atoms with Crippen molar-refractivity contribution in [2.24, 2.45) is 7.05 Å². The standard InChI is InChI=1S/C4H4ClNS2/c1-6-4(7)2-3(5)8-6/h2H,1H3. The molecule has 0 N–H and O–H groups in total. The first-order chi connectivity index (χ1) is 3.70. The lowest BCUT2D eigenvalue weighted by Gasteiger charge is -1.79. The molecule has 44 valence electrons. The Balaban J connectivity index is 3.35. The summed E-state index contributed by atoms with van der Waals surface area (Å²) in [5.41, 5.74) is 0. The summed E-state index contributed by atoms with van der Waals surface area (Å²) in [4.78, 5) is 0. The summed E-state index contributed by atoms with van der Waals surface area (Å²) in [6.45, 7) is 0. The Bertz CT molecular complexity index is 236. The molecule has 0 aromatic carbocycles. The molecule has 0 fully saturated rings. The molecule has 1 aromatic heterocycles. The van der Waals surface area contributed by atoms with Crippen LogP contribution in [0.4, 0.5) is 0 Å². The van der Waals surface area contributed by atoms with Gasteiger partial charge in [0, 0.05) is 13.1 Å². The fourth-order valence-corrected chi connectivity index (χ4v) is 1.74. The molecule has 1 aromatic rings. The Morgan fingerprint density at radius 2 is 2.50 bits per heavy atom. The summed E-state index contributed by atoms with van der Waals surface area (Å²) in [6, 6.07) is 1.77. The molecule has 0 aliphatic rings. The van der Waals surface area contributed by atoms with E-state index in [1.54, 1.807) is 6.07 Å². The van der Waals surface area contributed by atoms with Crippen molar-refractivity contribution in [2.45, 2.75) is 0 Å². The van der Waals surface area contributed by atoms with Gasteiger partial charge in [-0.3, -0.25) is 3.96 Å². The summed E-state index contributed by atoms with van der Waals surface area (Å²) in [5.74, 6) is 0. The van der Waals surface area contributed by atoms with Gasteiger partial charge < -0.3 is 0 Å². The first-order valence-corrected chi connectivity index (χ1v) is 3.59. The lowest BCUT2D eigenvalue weighted by atomic mass is 10.8. The summed E-state index contributed by atoms with van der Waals surface area (Å²) < 4.78 is 3.38. The summed E-state index contributed by atoms with van der Waals surface area (Å²) in [5, 5.41) is 0. The minimum Gasteiger partial charge on any atom is -0.290 e. The molecule has 0 spiro atoms. The van der Waals surface area contributed by atoms with Crippen LogP contribution in [0, 0.1) is 4.64 Å². The van der Waals surface area contributed by atoms with Crippen LogP contribution in [-0.4, -0.2) is 3.96 Å². The number of nitrogens with zero attached hydrogens (tertiary/aromatic N) is 1. The SMILES string of the molecule is Cn1sc(Cl)cc1=S. The molecule has 0 saturated heterocycles. The zero-order valence-corrected chi connectivity index (χ0v) is 6.61. The third-order valence-corrected chi connectivity index (χ3v) is 2.36. The molecule has 1 rings (SSSR count). The molecular weight excluding hydrogens is 162 g/mol. The van der Waals surface area contributed by atoms with E-state index in [4.69, 9.17) is 23.8 Å². The highest BCUT2D eigenvalue weighted by molar-refractivity contribution is 7.71. The lowest BCUT2D eigenvalue weighted by Crippen LogP contribution is -1.75. The second-order valence-corrected chi connectivity index (χ2v) is 3.60. The molecular formula is C4H4ClNS2. The van der Waals surface area contributed by atoms with Gasteiger partial charge in [0.2, 0.25) is 0 Å². The van der Waals surface area contributed by atoms with Crippen LogP contribution in [0.25, 0.3) is 0 Å². The van der Waals surface area contributed by atoms with Crippen LogP contribution in [0.1, 0.15) is 0 Å². The molecule has 1 nitrogen and oxygen atoms in total. The maximum absolute atomic E-state index is 5.60. The third-order valence-electron chi connectivity index (χ3n) is 0.771. The molecule has 8 heavy (non-hydrogen) atoms. The van der Waals surface area contributed by atoms with E-state index in [1.165, 1.54) is 11.5 Å². The number of hydrogen-bond donors (Lipinski definition) is 0. The van der Waals surface area contributed by atoms with Crippen LogP contribution < -0.4 is 0 Å². The van der Waals surface area contributed by atoms with Crippen molar-refractivity contribution in [2.75, 3.05) is 0 Å². The van der Waals surface area contributed by atoms with Crippen molar-refractivity contribution in [1.82, 2.24) is 3.96 Å². The molecule has 0 saturated carbocycles. The van der Waals surface area contributed by atoms with Gasteiger partial charge in [-0.15, -0.1) is 0 Å². The average Bonchev–Trinajstić information content (AvgIpc) is 1.85. The molecule has 0 unspecified atom stereocenters. The first kappa shape index (κ1) is 6.26. The lowest BCUT2D eigenvalue weighted by molar-refractivity contribution is 1.01. The van der Waals surface area contributed by atoms with Gasteiger partial charge in [-0.25, -0.2) is 0 Å². The smallest absolute Gasteiger partial charge is 0.117 e. The Kier molecular flexibility index (Phi) is 1.70. The topological polar surface area (TPSA) is 4.93 Å². The van der Waals surface area contributed by atoms with Crippen molar-refractivity contribution < 1.29 is 0 Å². The van der Waals surface area contributed by atoms with E-state index in [-0.39, 0.29) is 0 Å². The zero-order valence-electron chi connectivity index (χ0n) is 4.22. The van der Waals surface area contributed by atoms with Crippen LogP contribution in [0.15, 0.2) is 6.07 Å². The molecule has 0 bridgehead atoms. The maximum atomic E-state index is 5.60. The number of aromatic nitrogens is 1. The van der Waals surface area contributed by atoms with Gasteiger partial charge in [-0.05, 0) is 11.5 Å². The molecule has 0 radical (unpaired) electrons. The van der Waals surface area contributed by atoms with E-state index < -0.39 is 0 Å². The first-order valence-electron chi connectivity index (χ1n) is 2.03. The van der Waals surface area contributed by atoms with Crippen molar-refractivity contribution in [3.63, 3.8) is 0 Å². The summed E-state index contributed by atoms with van der Waals surface area (Å²) >= 11 is 11.9. The maximum Gasteiger partial charge on any atom is 0.117 e. The predicted octanol–water partition coefficient (Wildman–Crippen LogP) is 2.47. The van der Waals surface area contributed by atoms with Gasteiger partial charge in [-0.1, -0.05) is 23.8 Å². The molecule has 0 amide bonds. The minimum absolute atomic E-state index is 0.748. The average molecular weight is 166 g/mol. The minimum atomic E-state index is 0.748. The van der Waals surface area contributed by atoms with E-state index >= 15 is 0 Å². The fraction of sp³-hybridized carbons (Fsp3) is 0.250. The van der Waals surface area contributed by atoms with E-state index in [0.717, 1.165) is 8.98 Å². The van der Waals surface area contributed by atoms with Crippen LogP contribution in [0.3, 0.4) is 0 Å². The number of aryl methyl sites for hydroxylation is 1.